The Morgan fingerprint density at radius 2 is 1.72 bits per heavy atom. The number of aryl methyl sites for hydroxylation is 2. The highest BCUT2D eigenvalue weighted by molar-refractivity contribution is 5.99. The molecule has 0 spiro atoms. The molecular formula is C21H22N4. The lowest BCUT2D eigenvalue weighted by Crippen LogP contribution is -2.03. The van der Waals surface area contributed by atoms with Gasteiger partial charge in [0.05, 0.1) is 5.71 Å². The molecule has 1 N–H and O–H groups in total. The zero-order chi connectivity index (χ0) is 17.6. The molecule has 3 rings (SSSR count). The summed E-state index contributed by atoms with van der Waals surface area (Å²) in [5, 5.41) is 4.47. The van der Waals surface area contributed by atoms with Crippen molar-refractivity contribution in [2.45, 2.75) is 27.2 Å². The summed E-state index contributed by atoms with van der Waals surface area (Å²) < 4.78 is 0. The predicted molar refractivity (Wildman–Crippen MR) is 104 cm³/mol. The van der Waals surface area contributed by atoms with Crippen LogP contribution in [0.15, 0.2) is 65.8 Å². The molecule has 1 aromatic heterocycles. The zero-order valence-corrected chi connectivity index (χ0v) is 14.8. The van der Waals surface area contributed by atoms with Crippen LogP contribution in [0.1, 0.15) is 30.7 Å². The number of hydrogen-bond donors (Lipinski definition) is 1. The van der Waals surface area contributed by atoms with E-state index in [-0.39, 0.29) is 0 Å². The Morgan fingerprint density at radius 1 is 1.00 bits per heavy atom. The zero-order valence-electron chi connectivity index (χ0n) is 14.8. The number of nitrogens with one attached hydrogen (secondary N) is 1. The van der Waals surface area contributed by atoms with Crippen LogP contribution in [0.3, 0.4) is 0 Å². The van der Waals surface area contributed by atoms with E-state index in [4.69, 9.17) is 0 Å². The first-order valence-corrected chi connectivity index (χ1v) is 8.46. The molecule has 4 nitrogen and oxygen atoms in total. The standard InChI is InChI=1S/C21H22N4/c1-4-17-10-12-18(13-11-17)16(3)24-25-20-14-15(2)22-21(23-20)19-8-6-5-7-9-19/h5-14H,4H2,1-3H3,(H,22,23,25)/b24-16-. The highest BCUT2D eigenvalue weighted by Gasteiger charge is 2.05. The number of hydrazone groups is 1. The van der Waals surface area contributed by atoms with Crippen LogP contribution in [0.4, 0.5) is 5.82 Å². The Balaban J connectivity index is 1.81. The molecule has 0 bridgehead atoms. The van der Waals surface area contributed by atoms with Gasteiger partial charge < -0.3 is 0 Å². The van der Waals surface area contributed by atoms with Gasteiger partial charge in [-0.1, -0.05) is 61.5 Å². The predicted octanol–water partition coefficient (Wildman–Crippen LogP) is 4.85. The van der Waals surface area contributed by atoms with Gasteiger partial charge in [0.2, 0.25) is 0 Å². The van der Waals surface area contributed by atoms with Crippen LogP contribution >= 0.6 is 0 Å². The maximum Gasteiger partial charge on any atom is 0.161 e. The Hall–Kier alpha value is -3.01. The molecule has 0 aliphatic carbocycles. The van der Waals surface area contributed by atoms with Gasteiger partial charge in [0.1, 0.15) is 0 Å². The fourth-order valence-electron chi connectivity index (χ4n) is 2.53. The molecule has 0 unspecified atom stereocenters. The molecule has 0 amide bonds. The van der Waals surface area contributed by atoms with E-state index in [1.807, 2.05) is 50.2 Å². The van der Waals surface area contributed by atoms with Gasteiger partial charge in [-0.15, -0.1) is 0 Å². The van der Waals surface area contributed by atoms with E-state index in [0.717, 1.165) is 29.0 Å². The number of nitrogens with zero attached hydrogens (tertiary/aromatic N) is 3. The van der Waals surface area contributed by atoms with E-state index in [2.05, 4.69) is 51.7 Å². The van der Waals surface area contributed by atoms with Gasteiger partial charge in [0, 0.05) is 17.3 Å². The van der Waals surface area contributed by atoms with Gasteiger partial charge in [-0.05, 0) is 31.4 Å². The van der Waals surface area contributed by atoms with Crippen LogP contribution in [-0.2, 0) is 6.42 Å². The summed E-state index contributed by atoms with van der Waals surface area (Å²) in [6.07, 6.45) is 1.04. The maximum atomic E-state index is 4.57. The van der Waals surface area contributed by atoms with Crippen molar-refractivity contribution in [3.8, 4) is 11.4 Å². The van der Waals surface area contributed by atoms with Crippen LogP contribution in [0.25, 0.3) is 11.4 Å². The molecule has 0 saturated carbocycles. The third kappa shape index (κ3) is 4.29. The number of hydrogen-bond acceptors (Lipinski definition) is 4. The minimum Gasteiger partial charge on any atom is -0.261 e. The minimum absolute atomic E-state index is 0.691. The molecule has 0 atom stereocenters. The molecule has 0 fully saturated rings. The van der Waals surface area contributed by atoms with Crippen molar-refractivity contribution in [1.29, 1.82) is 0 Å². The fourth-order valence-corrected chi connectivity index (χ4v) is 2.53. The molecule has 0 aliphatic rings. The lowest BCUT2D eigenvalue weighted by atomic mass is 10.1. The minimum atomic E-state index is 0.691. The molecule has 4 heteroatoms. The molecule has 0 saturated heterocycles. The highest BCUT2D eigenvalue weighted by atomic mass is 15.3. The van der Waals surface area contributed by atoms with E-state index in [1.54, 1.807) is 0 Å². The highest BCUT2D eigenvalue weighted by Crippen LogP contribution is 2.17. The molecule has 3 aromatic rings. The monoisotopic (exact) mass is 330 g/mol. The number of anilines is 1. The van der Waals surface area contributed by atoms with Crippen molar-refractivity contribution in [3.63, 3.8) is 0 Å². The van der Waals surface area contributed by atoms with Crippen molar-refractivity contribution in [3.05, 3.63) is 77.5 Å². The van der Waals surface area contributed by atoms with Gasteiger partial charge in [0.25, 0.3) is 0 Å². The van der Waals surface area contributed by atoms with Crippen LogP contribution in [0, 0.1) is 6.92 Å². The summed E-state index contributed by atoms with van der Waals surface area (Å²) in [5.41, 5.74) is 8.29. The third-order valence-electron chi connectivity index (χ3n) is 4.00. The Bertz CT molecular complexity index is 868. The number of aromatic nitrogens is 2. The summed E-state index contributed by atoms with van der Waals surface area (Å²) in [6.45, 7) is 6.10. The summed E-state index contributed by atoms with van der Waals surface area (Å²) in [6, 6.07) is 20.3. The largest absolute Gasteiger partial charge is 0.261 e. The first-order valence-electron chi connectivity index (χ1n) is 8.46. The van der Waals surface area contributed by atoms with Crippen molar-refractivity contribution in [2.75, 3.05) is 5.43 Å². The first-order chi connectivity index (χ1) is 12.2. The molecular weight excluding hydrogens is 308 g/mol. The second kappa shape index (κ2) is 7.71. The van der Waals surface area contributed by atoms with Crippen LogP contribution in [-0.4, -0.2) is 15.7 Å². The SMILES string of the molecule is CCc1ccc(/C(C)=N\Nc2cc(C)nc(-c3ccccc3)n2)cc1. The van der Waals surface area contributed by atoms with Crippen LogP contribution in [0.5, 0.6) is 0 Å². The van der Waals surface area contributed by atoms with Crippen LogP contribution < -0.4 is 5.43 Å². The third-order valence-corrected chi connectivity index (χ3v) is 4.00. The van der Waals surface area contributed by atoms with Crippen LogP contribution in [0.2, 0.25) is 0 Å². The van der Waals surface area contributed by atoms with Gasteiger partial charge in [-0.25, -0.2) is 9.97 Å². The molecule has 1 heterocycles. The lowest BCUT2D eigenvalue weighted by Gasteiger charge is -2.07. The second-order valence-corrected chi connectivity index (χ2v) is 5.94. The molecule has 126 valence electrons. The quantitative estimate of drug-likeness (QED) is 0.537. The van der Waals surface area contributed by atoms with Gasteiger partial charge in [-0.2, -0.15) is 5.10 Å². The van der Waals surface area contributed by atoms with Crippen molar-refractivity contribution >= 4 is 11.5 Å². The van der Waals surface area contributed by atoms with Gasteiger partial charge in [0.15, 0.2) is 11.6 Å². The van der Waals surface area contributed by atoms with Gasteiger partial charge >= 0.3 is 0 Å². The Labute approximate surface area is 148 Å². The fraction of sp³-hybridized carbons (Fsp3) is 0.190. The topological polar surface area (TPSA) is 50.2 Å². The Morgan fingerprint density at radius 3 is 2.40 bits per heavy atom. The van der Waals surface area contributed by atoms with Crippen molar-refractivity contribution in [1.82, 2.24) is 9.97 Å². The van der Waals surface area contributed by atoms with E-state index in [9.17, 15) is 0 Å². The average molecular weight is 330 g/mol. The molecule has 25 heavy (non-hydrogen) atoms. The average Bonchev–Trinajstić information content (AvgIpc) is 2.66. The number of benzene rings is 2. The maximum absolute atomic E-state index is 4.57. The van der Waals surface area contributed by atoms with E-state index in [1.165, 1.54) is 5.56 Å². The molecule has 2 aromatic carbocycles. The second-order valence-electron chi connectivity index (χ2n) is 5.94. The normalized spacial score (nSPS) is 11.4. The summed E-state index contributed by atoms with van der Waals surface area (Å²) in [5.74, 6) is 1.39. The van der Waals surface area contributed by atoms with Gasteiger partial charge in [-0.3, -0.25) is 5.43 Å². The Kier molecular flexibility index (Phi) is 5.19. The molecule has 0 radical (unpaired) electrons. The summed E-state index contributed by atoms with van der Waals surface area (Å²) in [7, 11) is 0. The number of rotatable bonds is 5. The van der Waals surface area contributed by atoms with E-state index >= 15 is 0 Å². The smallest absolute Gasteiger partial charge is 0.161 e. The first kappa shape index (κ1) is 16.8. The lowest BCUT2D eigenvalue weighted by molar-refractivity contribution is 1.09. The van der Waals surface area contributed by atoms with Crippen molar-refractivity contribution in [2.24, 2.45) is 5.10 Å². The molecule has 0 aliphatic heterocycles. The summed E-state index contributed by atoms with van der Waals surface area (Å²) in [4.78, 5) is 9.08. The van der Waals surface area contributed by atoms with E-state index < -0.39 is 0 Å². The van der Waals surface area contributed by atoms with E-state index in [0.29, 0.717) is 11.6 Å². The van der Waals surface area contributed by atoms with Crippen molar-refractivity contribution < 1.29 is 0 Å². The summed E-state index contributed by atoms with van der Waals surface area (Å²) >= 11 is 0.